The lowest BCUT2D eigenvalue weighted by Crippen LogP contribution is -2.42. The second-order valence-electron chi connectivity index (χ2n) is 6.84. The average Bonchev–Trinajstić information content (AvgIpc) is 2.69. The maximum atomic E-state index is 5.72. The molecule has 2 N–H and O–H groups in total. The van der Waals surface area contributed by atoms with Gasteiger partial charge >= 0.3 is 0 Å². The van der Waals surface area contributed by atoms with Crippen molar-refractivity contribution in [2.45, 2.75) is 45.6 Å². The SMILES string of the molecule is CCNC(=NCCCCOCc1ccccc1)NCCN1CCCCC1.I. The van der Waals surface area contributed by atoms with Gasteiger partial charge in [0, 0.05) is 32.8 Å². The number of aliphatic imine (C=N–C) groups is 1. The van der Waals surface area contributed by atoms with Gasteiger partial charge in [-0.25, -0.2) is 0 Å². The molecule has 6 heteroatoms. The molecule has 0 atom stereocenters. The number of nitrogens with one attached hydrogen (secondary N) is 2. The van der Waals surface area contributed by atoms with E-state index in [0.29, 0.717) is 6.61 Å². The normalized spacial score (nSPS) is 15.2. The monoisotopic (exact) mass is 488 g/mol. The number of piperidine rings is 1. The minimum Gasteiger partial charge on any atom is -0.377 e. The number of guanidine groups is 1. The highest BCUT2D eigenvalue weighted by molar-refractivity contribution is 14.0. The highest BCUT2D eigenvalue weighted by atomic mass is 127. The van der Waals surface area contributed by atoms with Crippen molar-refractivity contribution in [2.75, 3.05) is 45.9 Å². The van der Waals surface area contributed by atoms with Gasteiger partial charge in [-0.05, 0) is 51.3 Å². The molecule has 0 saturated carbocycles. The number of benzene rings is 1. The number of nitrogens with zero attached hydrogens (tertiary/aromatic N) is 2. The summed E-state index contributed by atoms with van der Waals surface area (Å²) >= 11 is 0. The molecule has 0 spiro atoms. The molecule has 0 aliphatic carbocycles. The third-order valence-electron chi connectivity index (χ3n) is 4.59. The van der Waals surface area contributed by atoms with Crippen molar-refractivity contribution in [3.63, 3.8) is 0 Å². The van der Waals surface area contributed by atoms with Gasteiger partial charge in [0.25, 0.3) is 0 Å². The van der Waals surface area contributed by atoms with E-state index in [0.717, 1.165) is 51.6 Å². The van der Waals surface area contributed by atoms with E-state index in [1.165, 1.54) is 37.9 Å². The molecule has 1 aliphatic rings. The highest BCUT2D eigenvalue weighted by Gasteiger charge is 2.09. The molecular formula is C21H37IN4O. The van der Waals surface area contributed by atoms with Crippen molar-refractivity contribution in [1.29, 1.82) is 0 Å². The third-order valence-corrected chi connectivity index (χ3v) is 4.59. The van der Waals surface area contributed by atoms with Crippen molar-refractivity contribution >= 4 is 29.9 Å². The molecule has 0 aromatic heterocycles. The summed E-state index contributed by atoms with van der Waals surface area (Å²) in [6.07, 6.45) is 6.19. The lowest BCUT2D eigenvalue weighted by molar-refractivity contribution is 0.117. The van der Waals surface area contributed by atoms with Crippen LogP contribution in [0.4, 0.5) is 0 Å². The Kier molecular flexibility index (Phi) is 14.4. The average molecular weight is 488 g/mol. The van der Waals surface area contributed by atoms with Crippen LogP contribution in [0.1, 0.15) is 44.6 Å². The quantitative estimate of drug-likeness (QED) is 0.216. The van der Waals surface area contributed by atoms with Gasteiger partial charge in [-0.15, -0.1) is 24.0 Å². The van der Waals surface area contributed by atoms with Crippen LogP contribution in [0.5, 0.6) is 0 Å². The Balaban J connectivity index is 0.00000364. The van der Waals surface area contributed by atoms with Crippen LogP contribution in [0.2, 0.25) is 0 Å². The summed E-state index contributed by atoms with van der Waals surface area (Å²) in [4.78, 5) is 7.22. The fourth-order valence-corrected chi connectivity index (χ4v) is 3.13. The van der Waals surface area contributed by atoms with Gasteiger partial charge in [0.05, 0.1) is 6.61 Å². The molecule has 1 fully saturated rings. The summed E-state index contributed by atoms with van der Waals surface area (Å²) in [6, 6.07) is 10.3. The lowest BCUT2D eigenvalue weighted by atomic mass is 10.1. The van der Waals surface area contributed by atoms with Crippen LogP contribution in [0, 0.1) is 0 Å². The van der Waals surface area contributed by atoms with E-state index in [-0.39, 0.29) is 24.0 Å². The Morgan fingerprint density at radius 1 is 1.07 bits per heavy atom. The van der Waals surface area contributed by atoms with Gasteiger partial charge in [0.1, 0.15) is 0 Å². The first-order valence-electron chi connectivity index (χ1n) is 10.2. The van der Waals surface area contributed by atoms with Crippen molar-refractivity contribution in [3.05, 3.63) is 35.9 Å². The molecule has 1 heterocycles. The van der Waals surface area contributed by atoms with Crippen LogP contribution in [-0.4, -0.2) is 56.7 Å². The Morgan fingerprint density at radius 3 is 2.59 bits per heavy atom. The van der Waals surface area contributed by atoms with Gasteiger partial charge in [0.2, 0.25) is 0 Å². The molecule has 154 valence electrons. The number of likely N-dealkylation sites (tertiary alicyclic amines) is 1. The first-order chi connectivity index (χ1) is 12.9. The van der Waals surface area contributed by atoms with E-state index < -0.39 is 0 Å². The molecule has 5 nitrogen and oxygen atoms in total. The number of hydrogen-bond acceptors (Lipinski definition) is 3. The molecule has 1 aromatic carbocycles. The molecule has 0 amide bonds. The van der Waals surface area contributed by atoms with Gasteiger partial charge in [-0.2, -0.15) is 0 Å². The van der Waals surface area contributed by atoms with E-state index >= 15 is 0 Å². The highest BCUT2D eigenvalue weighted by Crippen LogP contribution is 2.07. The Bertz CT molecular complexity index is 492. The summed E-state index contributed by atoms with van der Waals surface area (Å²) in [5, 5.41) is 6.79. The molecule has 0 unspecified atom stereocenters. The first-order valence-corrected chi connectivity index (χ1v) is 10.2. The fourth-order valence-electron chi connectivity index (χ4n) is 3.13. The van der Waals surface area contributed by atoms with Crippen LogP contribution in [0.3, 0.4) is 0 Å². The van der Waals surface area contributed by atoms with Crippen LogP contribution in [-0.2, 0) is 11.3 Å². The van der Waals surface area contributed by atoms with Crippen molar-refractivity contribution in [3.8, 4) is 0 Å². The second-order valence-corrected chi connectivity index (χ2v) is 6.84. The van der Waals surface area contributed by atoms with Crippen LogP contribution < -0.4 is 10.6 Å². The number of rotatable bonds is 11. The van der Waals surface area contributed by atoms with Gasteiger partial charge in [-0.1, -0.05) is 36.8 Å². The smallest absolute Gasteiger partial charge is 0.191 e. The molecular weight excluding hydrogens is 451 g/mol. The van der Waals surface area contributed by atoms with Crippen molar-refractivity contribution in [1.82, 2.24) is 15.5 Å². The molecule has 27 heavy (non-hydrogen) atoms. The molecule has 2 rings (SSSR count). The standard InChI is InChI=1S/C21H36N4O.HI/c1-2-22-21(24-14-17-25-15-8-4-9-16-25)23-13-7-10-18-26-19-20-11-5-3-6-12-20;/h3,5-6,11-12H,2,4,7-10,13-19H2,1H3,(H2,22,23,24);1H. The number of ether oxygens (including phenoxy) is 1. The molecule has 0 bridgehead atoms. The van der Waals surface area contributed by atoms with E-state index in [2.05, 4.69) is 39.6 Å². The predicted octanol–water partition coefficient (Wildman–Crippen LogP) is 3.64. The van der Waals surface area contributed by atoms with E-state index in [9.17, 15) is 0 Å². The summed E-state index contributed by atoms with van der Waals surface area (Å²) in [6.45, 7) is 9.91. The van der Waals surface area contributed by atoms with Crippen molar-refractivity contribution < 1.29 is 4.74 Å². The number of unbranched alkanes of at least 4 members (excludes halogenated alkanes) is 1. The molecule has 1 aromatic rings. The summed E-state index contributed by atoms with van der Waals surface area (Å²) in [5.41, 5.74) is 1.23. The molecule has 1 aliphatic heterocycles. The van der Waals surface area contributed by atoms with E-state index in [1.54, 1.807) is 0 Å². The predicted molar refractivity (Wildman–Crippen MR) is 125 cm³/mol. The van der Waals surface area contributed by atoms with Gasteiger partial charge < -0.3 is 20.3 Å². The first kappa shape index (κ1) is 24.2. The number of hydrogen-bond donors (Lipinski definition) is 2. The summed E-state index contributed by atoms with van der Waals surface area (Å²) in [7, 11) is 0. The maximum Gasteiger partial charge on any atom is 0.191 e. The van der Waals surface area contributed by atoms with Crippen LogP contribution in [0.15, 0.2) is 35.3 Å². The zero-order chi connectivity index (χ0) is 18.3. The Labute approximate surface area is 182 Å². The Morgan fingerprint density at radius 2 is 1.85 bits per heavy atom. The minimum atomic E-state index is 0. The third kappa shape index (κ3) is 11.5. The molecule has 0 radical (unpaired) electrons. The second kappa shape index (κ2) is 16.1. The zero-order valence-electron chi connectivity index (χ0n) is 16.8. The lowest BCUT2D eigenvalue weighted by Gasteiger charge is -2.26. The molecule has 1 saturated heterocycles. The maximum absolute atomic E-state index is 5.72. The van der Waals surface area contributed by atoms with E-state index in [4.69, 9.17) is 4.74 Å². The largest absolute Gasteiger partial charge is 0.377 e. The minimum absolute atomic E-state index is 0. The topological polar surface area (TPSA) is 48.9 Å². The van der Waals surface area contributed by atoms with E-state index in [1.807, 2.05) is 18.2 Å². The summed E-state index contributed by atoms with van der Waals surface area (Å²) in [5.74, 6) is 0.940. The summed E-state index contributed by atoms with van der Waals surface area (Å²) < 4.78 is 5.72. The number of halogens is 1. The van der Waals surface area contributed by atoms with Crippen molar-refractivity contribution in [2.24, 2.45) is 4.99 Å². The Hall–Kier alpha value is -0.860. The van der Waals surface area contributed by atoms with Gasteiger partial charge in [-0.3, -0.25) is 4.99 Å². The fraction of sp³-hybridized carbons (Fsp3) is 0.667. The zero-order valence-corrected chi connectivity index (χ0v) is 19.1. The van der Waals surface area contributed by atoms with Crippen LogP contribution in [0.25, 0.3) is 0 Å². The van der Waals surface area contributed by atoms with Crippen LogP contribution >= 0.6 is 24.0 Å². The van der Waals surface area contributed by atoms with Gasteiger partial charge in [0.15, 0.2) is 5.96 Å².